The van der Waals surface area contributed by atoms with Gasteiger partial charge in [0.25, 0.3) is 0 Å². The summed E-state index contributed by atoms with van der Waals surface area (Å²) in [6.07, 6.45) is -4.72. The van der Waals surface area contributed by atoms with Crippen LogP contribution in [0.15, 0.2) is 6.07 Å². The lowest BCUT2D eigenvalue weighted by Gasteiger charge is -2.40. The number of nitrogens with one attached hydrogen (secondary N) is 1. The van der Waals surface area contributed by atoms with Crippen LogP contribution in [0.3, 0.4) is 0 Å². The van der Waals surface area contributed by atoms with Crippen molar-refractivity contribution in [1.29, 1.82) is 0 Å². The average Bonchev–Trinajstić information content (AvgIpc) is 3.60. The maximum absolute atomic E-state index is 13.4. The van der Waals surface area contributed by atoms with Gasteiger partial charge in [0.1, 0.15) is 19.3 Å². The molecule has 2 aliphatic rings. The first-order chi connectivity index (χ1) is 16.2. The largest absolute Gasteiger partial charge is 0.480 e. The van der Waals surface area contributed by atoms with Gasteiger partial charge in [0.05, 0.1) is 45.2 Å². The number of halogens is 3. The van der Waals surface area contributed by atoms with E-state index in [-0.39, 0.29) is 63.3 Å². The van der Waals surface area contributed by atoms with Gasteiger partial charge in [-0.05, 0) is 18.8 Å². The van der Waals surface area contributed by atoms with Crippen LogP contribution in [0.1, 0.15) is 18.5 Å². The maximum Gasteiger partial charge on any atom is 0.433 e. The number of carbonyl (C=O) groups is 1. The number of nitrogens with zero attached hydrogens (tertiary/aromatic N) is 2. The van der Waals surface area contributed by atoms with Crippen LogP contribution in [0.4, 0.5) is 19.1 Å². The summed E-state index contributed by atoms with van der Waals surface area (Å²) in [5.41, 5.74) is -1.20. The van der Waals surface area contributed by atoms with E-state index in [1.165, 1.54) is 0 Å². The van der Waals surface area contributed by atoms with Crippen molar-refractivity contribution in [3.8, 4) is 5.88 Å². The van der Waals surface area contributed by atoms with Crippen LogP contribution < -0.4 is 10.1 Å². The number of aromatic nitrogens is 2. The fourth-order valence-electron chi connectivity index (χ4n) is 3.77. The van der Waals surface area contributed by atoms with Crippen molar-refractivity contribution in [2.45, 2.75) is 37.3 Å². The van der Waals surface area contributed by atoms with Crippen LogP contribution in [0.2, 0.25) is 0 Å². The van der Waals surface area contributed by atoms with E-state index in [9.17, 15) is 28.2 Å². The van der Waals surface area contributed by atoms with Crippen LogP contribution in [-0.2, 0) is 25.2 Å². The lowest BCUT2D eigenvalue weighted by molar-refractivity contribution is -0.143. The predicted octanol–water partition coefficient (Wildman–Crippen LogP) is 0.551. The molecule has 4 N–H and O–H groups in total. The minimum atomic E-state index is -4.74. The van der Waals surface area contributed by atoms with Gasteiger partial charge >= 0.3 is 12.1 Å². The van der Waals surface area contributed by atoms with Crippen LogP contribution in [-0.4, -0.2) is 95.8 Å². The maximum atomic E-state index is 13.4. The molecule has 3 rings (SSSR count). The van der Waals surface area contributed by atoms with Crippen molar-refractivity contribution in [2.24, 2.45) is 11.8 Å². The molecule has 2 heterocycles. The molecule has 1 saturated carbocycles. The van der Waals surface area contributed by atoms with Gasteiger partial charge in [-0.1, -0.05) is 0 Å². The highest BCUT2D eigenvalue weighted by atomic mass is 19.4. The highest BCUT2D eigenvalue weighted by Gasteiger charge is 2.47. The van der Waals surface area contributed by atoms with Crippen LogP contribution >= 0.6 is 0 Å². The Morgan fingerprint density at radius 3 is 2.53 bits per heavy atom. The fourth-order valence-corrected chi connectivity index (χ4v) is 3.77. The van der Waals surface area contributed by atoms with Crippen LogP contribution in [0.5, 0.6) is 5.88 Å². The third-order valence-corrected chi connectivity index (χ3v) is 5.46. The van der Waals surface area contributed by atoms with E-state index in [4.69, 9.17) is 24.1 Å². The molecule has 192 valence electrons. The summed E-state index contributed by atoms with van der Waals surface area (Å²) in [4.78, 5) is 17.9. The molecular weight excluding hydrogens is 467 g/mol. The van der Waals surface area contributed by atoms with Gasteiger partial charge in [0.2, 0.25) is 11.8 Å². The molecule has 0 unspecified atom stereocenters. The zero-order chi connectivity index (χ0) is 24.7. The van der Waals surface area contributed by atoms with Gasteiger partial charge in [-0.15, -0.1) is 0 Å². The molecule has 1 saturated heterocycles. The Hall–Kier alpha value is -2.26. The van der Waals surface area contributed by atoms with E-state index in [0.29, 0.717) is 6.07 Å². The number of rotatable bonds is 13. The smallest absolute Gasteiger partial charge is 0.433 e. The predicted molar refractivity (Wildman–Crippen MR) is 108 cm³/mol. The molecule has 0 spiro atoms. The number of aliphatic carboxylic acids is 1. The van der Waals surface area contributed by atoms with E-state index < -0.39 is 42.7 Å². The highest BCUT2D eigenvalue weighted by molar-refractivity contribution is 5.67. The van der Waals surface area contributed by atoms with Crippen molar-refractivity contribution in [3.63, 3.8) is 0 Å². The molecule has 1 aromatic rings. The number of ether oxygens (including phenoxy) is 4. The Balaban J connectivity index is 1.60. The van der Waals surface area contributed by atoms with Gasteiger partial charge in [-0.2, -0.15) is 18.2 Å². The van der Waals surface area contributed by atoms with Gasteiger partial charge in [0, 0.05) is 12.0 Å². The molecule has 14 heteroatoms. The van der Waals surface area contributed by atoms with Crippen molar-refractivity contribution in [1.82, 2.24) is 9.97 Å². The molecule has 0 bridgehead atoms. The molecule has 34 heavy (non-hydrogen) atoms. The van der Waals surface area contributed by atoms with Crippen molar-refractivity contribution >= 4 is 11.9 Å². The first-order valence-electron chi connectivity index (χ1n) is 10.8. The minimum Gasteiger partial charge on any atom is -0.480 e. The second kappa shape index (κ2) is 11.9. The highest BCUT2D eigenvalue weighted by Crippen LogP contribution is 2.43. The van der Waals surface area contributed by atoms with Crippen molar-refractivity contribution in [2.75, 3.05) is 51.6 Å². The number of aliphatic hydroxyl groups excluding tert-OH is 2. The average molecular weight is 495 g/mol. The molecule has 1 aliphatic heterocycles. The number of carboxylic acids is 1. The van der Waals surface area contributed by atoms with E-state index >= 15 is 0 Å². The monoisotopic (exact) mass is 495 g/mol. The molecule has 4 atom stereocenters. The summed E-state index contributed by atoms with van der Waals surface area (Å²) >= 11 is 0. The molecule has 11 nitrogen and oxygen atoms in total. The minimum absolute atomic E-state index is 0.0134. The molecule has 0 aromatic carbocycles. The lowest BCUT2D eigenvalue weighted by atomic mass is 9.84. The first-order valence-corrected chi connectivity index (χ1v) is 10.8. The van der Waals surface area contributed by atoms with E-state index in [0.717, 1.165) is 12.8 Å². The quantitative estimate of drug-likeness (QED) is 0.284. The topological polar surface area (TPSA) is 152 Å². The Morgan fingerprint density at radius 2 is 1.88 bits per heavy atom. The fraction of sp³-hybridized carbons (Fsp3) is 0.750. The summed E-state index contributed by atoms with van der Waals surface area (Å²) in [5, 5.41) is 31.2. The summed E-state index contributed by atoms with van der Waals surface area (Å²) in [5.74, 6) is -1.90. The van der Waals surface area contributed by atoms with E-state index in [1.807, 2.05) is 0 Å². The Morgan fingerprint density at radius 1 is 1.18 bits per heavy atom. The van der Waals surface area contributed by atoms with Gasteiger partial charge in [-0.25, -0.2) is 9.78 Å². The summed E-state index contributed by atoms with van der Waals surface area (Å²) in [6, 6.07) is 0.129. The van der Waals surface area contributed by atoms with Crippen LogP contribution in [0.25, 0.3) is 0 Å². The number of alkyl halides is 3. The number of hydrogen-bond donors (Lipinski definition) is 4. The van der Waals surface area contributed by atoms with Crippen LogP contribution in [0, 0.1) is 11.8 Å². The van der Waals surface area contributed by atoms with Gasteiger partial charge in [0.15, 0.2) is 5.69 Å². The molecule has 2 fully saturated rings. The van der Waals surface area contributed by atoms with E-state index in [2.05, 4.69) is 15.3 Å². The molecule has 1 aliphatic carbocycles. The number of hydrogen-bond acceptors (Lipinski definition) is 10. The Labute approximate surface area is 193 Å². The zero-order valence-electron chi connectivity index (χ0n) is 18.2. The van der Waals surface area contributed by atoms with Gasteiger partial charge < -0.3 is 39.6 Å². The molecule has 0 amide bonds. The van der Waals surface area contributed by atoms with Gasteiger partial charge in [-0.3, -0.25) is 0 Å². The third kappa shape index (κ3) is 7.63. The SMILES string of the molecule is O=C(O)COCCOCCOc1cc(C(F)(F)F)nc(N[C@H]2CO[C@H](CO)[C@H](O)[C@@H]2C2CC2)n1. The Kier molecular flexibility index (Phi) is 9.24. The second-order valence-corrected chi connectivity index (χ2v) is 8.03. The summed E-state index contributed by atoms with van der Waals surface area (Å²) in [6.45, 7) is -0.717. The standard InChI is InChI=1S/C20H28F3N3O8/c21-20(22,23)14-7-15(33-6-5-31-3-4-32-10-16(28)29)26-19(25-14)24-12-9-34-13(8-27)18(30)17(12)11-1-2-11/h7,11-13,17-18,27,30H,1-6,8-10H2,(H,28,29)(H,24,25,26)/t12-,13+,17+,18-/m0/s1. The first kappa shape index (κ1) is 26.3. The normalized spacial score (nSPS) is 25.2. The lowest BCUT2D eigenvalue weighted by Crippen LogP contribution is -2.54. The second-order valence-electron chi connectivity index (χ2n) is 8.03. The summed E-state index contributed by atoms with van der Waals surface area (Å²) < 4.78 is 60.8. The zero-order valence-corrected chi connectivity index (χ0v) is 18.2. The summed E-state index contributed by atoms with van der Waals surface area (Å²) in [7, 11) is 0. The number of aliphatic hydroxyl groups is 2. The van der Waals surface area contributed by atoms with E-state index in [1.54, 1.807) is 0 Å². The number of anilines is 1. The number of carboxylic acid groups (broad SMARTS) is 1. The molecular formula is C20H28F3N3O8. The van der Waals surface area contributed by atoms with Crippen molar-refractivity contribution in [3.05, 3.63) is 11.8 Å². The Bertz CT molecular complexity index is 812. The molecule has 0 radical (unpaired) electrons. The molecule has 1 aromatic heterocycles. The van der Waals surface area contributed by atoms with Crippen molar-refractivity contribution < 1.29 is 52.2 Å². The third-order valence-electron chi connectivity index (χ3n) is 5.46.